The molecule has 0 aliphatic carbocycles. The highest BCUT2D eigenvalue weighted by Gasteiger charge is 2.18. The van der Waals surface area contributed by atoms with Crippen LogP contribution in [0.5, 0.6) is 0 Å². The monoisotopic (exact) mass is 283 g/mol. The molecule has 0 heterocycles. The minimum atomic E-state index is -3.63. The van der Waals surface area contributed by atoms with Crippen molar-refractivity contribution in [3.8, 4) is 0 Å². The molecule has 3 nitrogen and oxygen atoms in total. The Morgan fingerprint density at radius 3 is 2.00 bits per heavy atom. The zero-order valence-electron chi connectivity index (χ0n) is 12.2. The Balaban J connectivity index is 3.32. The van der Waals surface area contributed by atoms with Crippen molar-refractivity contribution in [2.75, 3.05) is 0 Å². The highest BCUT2D eigenvalue weighted by atomic mass is 32.2. The molecular formula is C15H25NO2S. The van der Waals surface area contributed by atoms with E-state index in [4.69, 9.17) is 5.14 Å². The fourth-order valence-corrected chi connectivity index (χ4v) is 3.21. The van der Waals surface area contributed by atoms with Gasteiger partial charge in [0.15, 0.2) is 0 Å². The zero-order valence-corrected chi connectivity index (χ0v) is 13.0. The van der Waals surface area contributed by atoms with Crippen LogP contribution in [0.15, 0.2) is 17.0 Å². The number of unbranched alkanes of at least 4 members (excludes halogenated alkanes) is 2. The molecule has 0 amide bonds. The minimum Gasteiger partial charge on any atom is -0.225 e. The first-order valence-electron chi connectivity index (χ1n) is 7.06. The van der Waals surface area contributed by atoms with Crippen LogP contribution in [-0.4, -0.2) is 8.42 Å². The van der Waals surface area contributed by atoms with E-state index < -0.39 is 10.0 Å². The van der Waals surface area contributed by atoms with Gasteiger partial charge in [-0.2, -0.15) is 0 Å². The van der Waals surface area contributed by atoms with Crippen molar-refractivity contribution in [1.29, 1.82) is 0 Å². The molecule has 0 saturated heterocycles. The summed E-state index contributed by atoms with van der Waals surface area (Å²) in [5.74, 6) is 0. The van der Waals surface area contributed by atoms with Crippen LogP contribution >= 0.6 is 0 Å². The van der Waals surface area contributed by atoms with Gasteiger partial charge in [-0.3, -0.25) is 0 Å². The molecule has 0 bridgehead atoms. The second-order valence-corrected chi connectivity index (χ2v) is 6.62. The number of benzene rings is 1. The molecule has 0 saturated carbocycles. The third-order valence-electron chi connectivity index (χ3n) is 3.49. The molecule has 1 aromatic rings. The van der Waals surface area contributed by atoms with Crippen LogP contribution in [0.2, 0.25) is 0 Å². The van der Waals surface area contributed by atoms with E-state index >= 15 is 0 Å². The van der Waals surface area contributed by atoms with E-state index in [0.717, 1.165) is 44.1 Å². The Kier molecular flexibility index (Phi) is 6.01. The van der Waals surface area contributed by atoms with Crippen molar-refractivity contribution in [1.82, 2.24) is 0 Å². The van der Waals surface area contributed by atoms with Crippen molar-refractivity contribution in [2.24, 2.45) is 5.14 Å². The molecule has 1 rings (SSSR count). The maximum absolute atomic E-state index is 11.7. The van der Waals surface area contributed by atoms with E-state index in [9.17, 15) is 8.42 Å². The van der Waals surface area contributed by atoms with Crippen LogP contribution < -0.4 is 5.14 Å². The third-order valence-corrected chi connectivity index (χ3v) is 4.49. The average Bonchev–Trinajstić information content (AvgIpc) is 2.33. The fourth-order valence-electron chi connectivity index (χ4n) is 2.38. The normalized spacial score (nSPS) is 11.8. The van der Waals surface area contributed by atoms with Crippen LogP contribution in [-0.2, 0) is 22.9 Å². The van der Waals surface area contributed by atoms with Crippen LogP contribution in [0.4, 0.5) is 0 Å². The lowest BCUT2D eigenvalue weighted by atomic mass is 9.94. The van der Waals surface area contributed by atoms with E-state index in [1.807, 2.05) is 13.0 Å². The van der Waals surface area contributed by atoms with E-state index in [1.165, 1.54) is 11.1 Å². The number of hydrogen-bond donors (Lipinski definition) is 1. The highest BCUT2D eigenvalue weighted by molar-refractivity contribution is 7.89. The summed E-state index contributed by atoms with van der Waals surface area (Å²) in [6.07, 6.45) is 5.95. The lowest BCUT2D eigenvalue weighted by Crippen LogP contribution is -2.16. The minimum absolute atomic E-state index is 0.317. The SMILES string of the molecule is CCCCc1c(C)ccc(S(N)(=O)=O)c1CCCC. The molecule has 0 aromatic heterocycles. The van der Waals surface area contributed by atoms with Gasteiger partial charge in [-0.15, -0.1) is 0 Å². The molecule has 0 atom stereocenters. The molecule has 2 N–H and O–H groups in total. The Morgan fingerprint density at radius 2 is 1.53 bits per heavy atom. The first-order valence-corrected chi connectivity index (χ1v) is 8.60. The van der Waals surface area contributed by atoms with Gasteiger partial charge in [0, 0.05) is 0 Å². The molecule has 1 aromatic carbocycles. The number of hydrogen-bond acceptors (Lipinski definition) is 2. The highest BCUT2D eigenvalue weighted by Crippen LogP contribution is 2.25. The summed E-state index contributed by atoms with van der Waals surface area (Å²) in [7, 11) is -3.63. The lowest BCUT2D eigenvalue weighted by Gasteiger charge is -2.16. The topological polar surface area (TPSA) is 60.2 Å². The van der Waals surface area contributed by atoms with Gasteiger partial charge in [0.2, 0.25) is 10.0 Å². The molecule has 0 aliphatic heterocycles. The number of rotatable bonds is 7. The molecule has 0 fully saturated rings. The maximum Gasteiger partial charge on any atom is 0.238 e. The first kappa shape index (κ1) is 16.2. The number of aryl methyl sites for hydroxylation is 1. The van der Waals surface area contributed by atoms with Gasteiger partial charge in [-0.25, -0.2) is 13.6 Å². The molecule has 0 spiro atoms. The number of primary sulfonamides is 1. The predicted molar refractivity (Wildman–Crippen MR) is 79.8 cm³/mol. The smallest absolute Gasteiger partial charge is 0.225 e. The van der Waals surface area contributed by atoms with Crippen molar-refractivity contribution < 1.29 is 8.42 Å². The van der Waals surface area contributed by atoms with Crippen molar-refractivity contribution in [2.45, 2.75) is 64.2 Å². The lowest BCUT2D eigenvalue weighted by molar-refractivity contribution is 0.595. The zero-order chi connectivity index (χ0) is 14.5. The van der Waals surface area contributed by atoms with Crippen molar-refractivity contribution in [3.05, 3.63) is 28.8 Å². The number of nitrogens with two attached hydrogens (primary N) is 1. The van der Waals surface area contributed by atoms with Crippen LogP contribution in [0.1, 0.15) is 56.2 Å². The Bertz CT molecular complexity index is 521. The Labute approximate surface area is 117 Å². The molecule has 0 radical (unpaired) electrons. The summed E-state index contributed by atoms with van der Waals surface area (Å²) >= 11 is 0. The summed E-state index contributed by atoms with van der Waals surface area (Å²) in [6, 6.07) is 3.53. The van der Waals surface area contributed by atoms with Gasteiger partial charge in [0.05, 0.1) is 4.90 Å². The second-order valence-electron chi connectivity index (χ2n) is 5.09. The summed E-state index contributed by atoms with van der Waals surface area (Å²) < 4.78 is 23.5. The third kappa shape index (κ3) is 4.32. The summed E-state index contributed by atoms with van der Waals surface area (Å²) in [5, 5.41) is 5.35. The van der Waals surface area contributed by atoms with Gasteiger partial charge < -0.3 is 0 Å². The van der Waals surface area contributed by atoms with E-state index in [1.54, 1.807) is 6.07 Å². The molecule has 0 aliphatic rings. The Hall–Kier alpha value is -0.870. The summed E-state index contributed by atoms with van der Waals surface area (Å²) in [6.45, 7) is 6.30. The van der Waals surface area contributed by atoms with Gasteiger partial charge in [-0.05, 0) is 55.4 Å². The summed E-state index contributed by atoms with van der Waals surface area (Å²) in [5.41, 5.74) is 3.30. The number of sulfonamides is 1. The predicted octanol–water partition coefficient (Wildman–Crippen LogP) is 3.33. The van der Waals surface area contributed by atoms with Crippen LogP contribution in [0.3, 0.4) is 0 Å². The quantitative estimate of drug-likeness (QED) is 0.834. The molecule has 4 heteroatoms. The molecular weight excluding hydrogens is 258 g/mol. The fraction of sp³-hybridized carbons (Fsp3) is 0.600. The van der Waals surface area contributed by atoms with E-state index in [2.05, 4.69) is 13.8 Å². The molecule has 108 valence electrons. The largest absolute Gasteiger partial charge is 0.238 e. The van der Waals surface area contributed by atoms with E-state index in [0.29, 0.717) is 4.90 Å². The average molecular weight is 283 g/mol. The van der Waals surface area contributed by atoms with Gasteiger partial charge in [0.25, 0.3) is 0 Å². The van der Waals surface area contributed by atoms with E-state index in [-0.39, 0.29) is 0 Å². The maximum atomic E-state index is 11.7. The Morgan fingerprint density at radius 1 is 1.00 bits per heavy atom. The van der Waals surface area contributed by atoms with Crippen LogP contribution in [0.25, 0.3) is 0 Å². The second kappa shape index (κ2) is 7.06. The molecule has 0 unspecified atom stereocenters. The van der Waals surface area contributed by atoms with Crippen LogP contribution in [0, 0.1) is 6.92 Å². The van der Waals surface area contributed by atoms with Gasteiger partial charge in [0.1, 0.15) is 0 Å². The van der Waals surface area contributed by atoms with Gasteiger partial charge >= 0.3 is 0 Å². The van der Waals surface area contributed by atoms with Crippen molar-refractivity contribution in [3.63, 3.8) is 0 Å². The molecule has 19 heavy (non-hydrogen) atoms. The summed E-state index contributed by atoms with van der Waals surface area (Å²) in [4.78, 5) is 0.317. The first-order chi connectivity index (χ1) is 8.91. The van der Waals surface area contributed by atoms with Gasteiger partial charge in [-0.1, -0.05) is 32.8 Å². The standard InChI is InChI=1S/C15H25NO2S/c1-4-6-8-13-12(3)10-11-15(19(16,17)18)14(13)9-7-5-2/h10-11H,4-9H2,1-3H3,(H2,16,17,18). The van der Waals surface area contributed by atoms with Crippen molar-refractivity contribution >= 4 is 10.0 Å².